The van der Waals surface area contributed by atoms with Crippen LogP contribution in [-0.2, 0) is 17.7 Å². The number of carbonyl (C=O) groups excluding carboxylic acids is 1. The minimum absolute atomic E-state index is 0.258. The molecular formula is C25H29NO3. The SMILES string of the molecule is CCOC(=O)c1c(C)n(CCc2ccccc2)c2ccc(OC3CCCC3)cc12. The lowest BCUT2D eigenvalue weighted by atomic mass is 10.1. The lowest BCUT2D eigenvalue weighted by molar-refractivity contribution is 0.0527. The van der Waals surface area contributed by atoms with Gasteiger partial charge in [0.1, 0.15) is 5.75 Å². The van der Waals surface area contributed by atoms with E-state index < -0.39 is 0 Å². The van der Waals surface area contributed by atoms with Crippen molar-refractivity contribution in [1.82, 2.24) is 4.57 Å². The number of benzene rings is 2. The van der Waals surface area contributed by atoms with E-state index in [-0.39, 0.29) is 5.97 Å². The van der Waals surface area contributed by atoms with Gasteiger partial charge in [0.15, 0.2) is 0 Å². The molecule has 1 saturated carbocycles. The molecule has 1 fully saturated rings. The van der Waals surface area contributed by atoms with Crippen LogP contribution < -0.4 is 4.74 Å². The van der Waals surface area contributed by atoms with E-state index in [4.69, 9.17) is 9.47 Å². The quantitative estimate of drug-likeness (QED) is 0.486. The van der Waals surface area contributed by atoms with E-state index in [0.717, 1.165) is 48.2 Å². The number of esters is 1. The van der Waals surface area contributed by atoms with Gasteiger partial charge in [0.05, 0.1) is 18.3 Å². The van der Waals surface area contributed by atoms with Crippen LogP contribution in [0.25, 0.3) is 10.9 Å². The van der Waals surface area contributed by atoms with Crippen molar-refractivity contribution < 1.29 is 14.3 Å². The Morgan fingerprint density at radius 1 is 1.10 bits per heavy atom. The summed E-state index contributed by atoms with van der Waals surface area (Å²) < 4.78 is 13.8. The molecule has 152 valence electrons. The third kappa shape index (κ3) is 4.16. The molecule has 4 nitrogen and oxygen atoms in total. The lowest BCUT2D eigenvalue weighted by Crippen LogP contribution is -2.10. The van der Waals surface area contributed by atoms with Gasteiger partial charge in [-0.05, 0) is 69.7 Å². The molecule has 29 heavy (non-hydrogen) atoms. The minimum atomic E-state index is -0.258. The van der Waals surface area contributed by atoms with Crippen molar-refractivity contribution in [3.8, 4) is 5.75 Å². The van der Waals surface area contributed by atoms with Gasteiger partial charge in [-0.3, -0.25) is 0 Å². The molecule has 0 spiro atoms. The minimum Gasteiger partial charge on any atom is -0.490 e. The van der Waals surface area contributed by atoms with Gasteiger partial charge in [-0.1, -0.05) is 30.3 Å². The summed E-state index contributed by atoms with van der Waals surface area (Å²) in [5, 5.41) is 0.921. The van der Waals surface area contributed by atoms with Crippen LogP contribution in [0.1, 0.15) is 54.2 Å². The van der Waals surface area contributed by atoms with Crippen LogP contribution >= 0.6 is 0 Å². The van der Waals surface area contributed by atoms with Gasteiger partial charge in [0, 0.05) is 23.1 Å². The Hall–Kier alpha value is -2.75. The van der Waals surface area contributed by atoms with Crippen LogP contribution in [-0.4, -0.2) is 23.2 Å². The number of aryl methyl sites for hydroxylation is 2. The zero-order valence-corrected chi connectivity index (χ0v) is 17.3. The van der Waals surface area contributed by atoms with Crippen LogP contribution in [0.15, 0.2) is 48.5 Å². The van der Waals surface area contributed by atoms with E-state index in [9.17, 15) is 4.79 Å². The van der Waals surface area contributed by atoms with E-state index in [1.54, 1.807) is 0 Å². The first-order valence-corrected chi connectivity index (χ1v) is 10.7. The highest BCUT2D eigenvalue weighted by atomic mass is 16.5. The molecule has 0 aliphatic heterocycles. The molecule has 4 heteroatoms. The fourth-order valence-corrected chi connectivity index (χ4v) is 4.37. The normalized spacial score (nSPS) is 14.4. The summed E-state index contributed by atoms with van der Waals surface area (Å²) in [5.74, 6) is 0.585. The number of ether oxygens (including phenoxy) is 2. The number of hydrogen-bond acceptors (Lipinski definition) is 3. The number of aromatic nitrogens is 1. The summed E-state index contributed by atoms with van der Waals surface area (Å²) in [6, 6.07) is 16.6. The molecule has 2 aromatic carbocycles. The van der Waals surface area contributed by atoms with Crippen molar-refractivity contribution >= 4 is 16.9 Å². The molecule has 0 unspecified atom stereocenters. The highest BCUT2D eigenvalue weighted by Crippen LogP contribution is 2.32. The lowest BCUT2D eigenvalue weighted by Gasteiger charge is -2.13. The second-order valence-electron chi connectivity index (χ2n) is 7.77. The Bertz CT molecular complexity index is 984. The zero-order valence-electron chi connectivity index (χ0n) is 17.3. The van der Waals surface area contributed by atoms with E-state index in [1.165, 1.54) is 18.4 Å². The van der Waals surface area contributed by atoms with E-state index in [1.807, 2.05) is 32.0 Å². The fraction of sp³-hybridized carbons (Fsp3) is 0.400. The number of hydrogen-bond donors (Lipinski definition) is 0. The first-order valence-electron chi connectivity index (χ1n) is 10.7. The summed E-state index contributed by atoms with van der Waals surface area (Å²) in [6.07, 6.45) is 5.89. The molecular weight excluding hydrogens is 362 g/mol. The van der Waals surface area contributed by atoms with Gasteiger partial charge in [-0.25, -0.2) is 4.79 Å². The summed E-state index contributed by atoms with van der Waals surface area (Å²) >= 11 is 0. The van der Waals surface area contributed by atoms with Crippen LogP contribution in [0.5, 0.6) is 5.75 Å². The number of rotatable bonds is 7. The molecule has 1 aliphatic carbocycles. The Morgan fingerprint density at radius 3 is 2.59 bits per heavy atom. The molecule has 0 N–H and O–H groups in total. The molecule has 4 rings (SSSR count). The first kappa shape index (κ1) is 19.6. The molecule has 1 aliphatic rings. The number of fused-ring (bicyclic) bond motifs is 1. The Kier molecular flexibility index (Phi) is 5.89. The summed E-state index contributed by atoms with van der Waals surface area (Å²) in [5.41, 5.74) is 3.95. The standard InChI is InChI=1S/C25H29NO3/c1-3-28-25(27)24-18(2)26(16-15-19-9-5-4-6-10-19)23-14-13-21(17-22(23)24)29-20-11-7-8-12-20/h4-6,9-10,13-14,17,20H,3,7-8,11-12,15-16H2,1-2H3. The largest absolute Gasteiger partial charge is 0.490 e. The van der Waals surface area contributed by atoms with Crippen LogP contribution in [0.3, 0.4) is 0 Å². The third-order valence-corrected chi connectivity index (χ3v) is 5.85. The second-order valence-corrected chi connectivity index (χ2v) is 7.77. The van der Waals surface area contributed by atoms with E-state index >= 15 is 0 Å². The van der Waals surface area contributed by atoms with E-state index in [0.29, 0.717) is 18.3 Å². The summed E-state index contributed by atoms with van der Waals surface area (Å²) in [6.45, 7) is 5.03. The third-order valence-electron chi connectivity index (χ3n) is 5.85. The highest BCUT2D eigenvalue weighted by Gasteiger charge is 2.23. The predicted octanol–water partition coefficient (Wildman–Crippen LogP) is 5.69. The van der Waals surface area contributed by atoms with Gasteiger partial charge in [0.25, 0.3) is 0 Å². The topological polar surface area (TPSA) is 40.5 Å². The van der Waals surface area contributed by atoms with Gasteiger partial charge in [0.2, 0.25) is 0 Å². The predicted molar refractivity (Wildman–Crippen MR) is 116 cm³/mol. The molecule has 0 bridgehead atoms. The number of carbonyl (C=O) groups is 1. The maximum Gasteiger partial charge on any atom is 0.340 e. The molecule has 0 atom stereocenters. The Balaban J connectivity index is 1.70. The van der Waals surface area contributed by atoms with Crippen molar-refractivity contribution in [2.24, 2.45) is 0 Å². The van der Waals surface area contributed by atoms with Crippen molar-refractivity contribution in [3.05, 3.63) is 65.4 Å². The van der Waals surface area contributed by atoms with E-state index in [2.05, 4.69) is 34.9 Å². The monoisotopic (exact) mass is 391 g/mol. The molecule has 1 heterocycles. The van der Waals surface area contributed by atoms with Gasteiger partial charge in [-0.15, -0.1) is 0 Å². The Morgan fingerprint density at radius 2 is 1.86 bits per heavy atom. The molecule has 0 amide bonds. The average molecular weight is 392 g/mol. The molecule has 1 aromatic heterocycles. The fourth-order valence-electron chi connectivity index (χ4n) is 4.37. The van der Waals surface area contributed by atoms with Crippen LogP contribution in [0, 0.1) is 6.92 Å². The highest BCUT2D eigenvalue weighted by molar-refractivity contribution is 6.06. The summed E-state index contributed by atoms with van der Waals surface area (Å²) in [7, 11) is 0. The van der Waals surface area contributed by atoms with Gasteiger partial charge in [-0.2, -0.15) is 0 Å². The Labute approximate surface area is 172 Å². The van der Waals surface area contributed by atoms with Gasteiger partial charge >= 0.3 is 5.97 Å². The van der Waals surface area contributed by atoms with Crippen LogP contribution in [0.4, 0.5) is 0 Å². The van der Waals surface area contributed by atoms with Crippen molar-refractivity contribution in [2.45, 2.75) is 58.6 Å². The average Bonchev–Trinajstić information content (AvgIpc) is 3.33. The maximum atomic E-state index is 12.7. The molecule has 3 aromatic rings. The maximum absolute atomic E-state index is 12.7. The molecule has 0 saturated heterocycles. The van der Waals surface area contributed by atoms with Gasteiger partial charge < -0.3 is 14.0 Å². The summed E-state index contributed by atoms with van der Waals surface area (Å²) in [4.78, 5) is 12.7. The van der Waals surface area contributed by atoms with Crippen LogP contribution in [0.2, 0.25) is 0 Å². The zero-order chi connectivity index (χ0) is 20.2. The molecule has 0 radical (unpaired) electrons. The van der Waals surface area contributed by atoms with Crippen molar-refractivity contribution in [3.63, 3.8) is 0 Å². The second kappa shape index (κ2) is 8.73. The first-order chi connectivity index (χ1) is 14.2. The number of nitrogens with zero attached hydrogens (tertiary/aromatic N) is 1. The smallest absolute Gasteiger partial charge is 0.340 e. The van der Waals surface area contributed by atoms with Crippen molar-refractivity contribution in [1.29, 1.82) is 0 Å². The van der Waals surface area contributed by atoms with Crippen molar-refractivity contribution in [2.75, 3.05) is 6.61 Å².